The maximum absolute atomic E-state index is 5.19. The van der Waals surface area contributed by atoms with E-state index in [0.717, 1.165) is 19.3 Å². The zero-order valence-electron chi connectivity index (χ0n) is 8.25. The average molecular weight is 179 g/mol. The van der Waals surface area contributed by atoms with Crippen LogP contribution in [0.15, 0.2) is 0 Å². The molecule has 72 valence electrons. The van der Waals surface area contributed by atoms with Crippen molar-refractivity contribution in [3.63, 3.8) is 0 Å². The first-order chi connectivity index (χ1) is 6.40. The maximum Gasteiger partial charge on any atom is 0.0645 e. The Morgan fingerprint density at radius 1 is 1.23 bits per heavy atom. The van der Waals surface area contributed by atoms with Gasteiger partial charge in [0.2, 0.25) is 0 Å². The Balaban J connectivity index is 1.77. The van der Waals surface area contributed by atoms with Crippen LogP contribution >= 0.6 is 0 Å². The number of likely N-dealkylation sites (tertiary alicyclic amines) is 1. The number of ether oxygens (including phenoxy) is 1. The van der Waals surface area contributed by atoms with Crippen molar-refractivity contribution in [1.82, 2.24) is 4.90 Å². The van der Waals surface area contributed by atoms with Crippen LogP contribution in [0, 0.1) is 17.8 Å². The van der Waals surface area contributed by atoms with Crippen molar-refractivity contribution in [3.05, 3.63) is 0 Å². The summed E-state index contributed by atoms with van der Waals surface area (Å²) in [7, 11) is 0. The van der Waals surface area contributed by atoms with Gasteiger partial charge in [0.05, 0.1) is 19.3 Å². The molecule has 0 unspecified atom stereocenters. The van der Waals surface area contributed by atoms with E-state index in [9.17, 15) is 0 Å². The molecule has 2 nitrogen and oxygen atoms in total. The quantitative estimate of drug-likeness (QED) is 0.559. The molecule has 13 heavy (non-hydrogen) atoms. The Morgan fingerprint density at radius 2 is 1.92 bits per heavy atom. The molecular weight excluding hydrogens is 162 g/mol. The van der Waals surface area contributed by atoms with Gasteiger partial charge < -0.3 is 4.74 Å². The molecule has 0 aromatic rings. The van der Waals surface area contributed by atoms with Gasteiger partial charge in [-0.15, -0.1) is 11.8 Å². The second kappa shape index (κ2) is 4.13. The molecule has 2 heteroatoms. The molecule has 2 aliphatic heterocycles. The molecule has 0 aromatic heterocycles. The zero-order valence-corrected chi connectivity index (χ0v) is 8.25. The highest BCUT2D eigenvalue weighted by Gasteiger charge is 2.28. The number of nitrogens with zero attached hydrogens (tertiary/aromatic N) is 1. The summed E-state index contributed by atoms with van der Waals surface area (Å²) < 4.78 is 5.19. The minimum absolute atomic E-state index is 0.655. The second-order valence-electron chi connectivity index (χ2n) is 3.90. The van der Waals surface area contributed by atoms with Crippen LogP contribution in [0.4, 0.5) is 0 Å². The molecular formula is C11H17NO. The van der Waals surface area contributed by atoms with Gasteiger partial charge in [0.1, 0.15) is 0 Å². The lowest BCUT2D eigenvalue weighted by Gasteiger charge is -2.40. The van der Waals surface area contributed by atoms with Crippen molar-refractivity contribution in [2.75, 3.05) is 26.3 Å². The van der Waals surface area contributed by atoms with Crippen molar-refractivity contribution in [3.8, 4) is 11.8 Å². The molecule has 2 aliphatic rings. The number of rotatable bonds is 1. The van der Waals surface area contributed by atoms with Crippen LogP contribution in [0.1, 0.15) is 19.8 Å². The van der Waals surface area contributed by atoms with E-state index in [1.54, 1.807) is 0 Å². The lowest BCUT2D eigenvalue weighted by atomic mass is 9.96. The van der Waals surface area contributed by atoms with Gasteiger partial charge >= 0.3 is 0 Å². The predicted octanol–water partition coefficient (Wildman–Crippen LogP) is 1.12. The molecule has 0 atom stereocenters. The van der Waals surface area contributed by atoms with Crippen molar-refractivity contribution >= 4 is 0 Å². The molecule has 2 heterocycles. The van der Waals surface area contributed by atoms with E-state index < -0.39 is 0 Å². The fraction of sp³-hybridized carbons (Fsp3) is 0.818. The largest absolute Gasteiger partial charge is 0.378 e. The fourth-order valence-corrected chi connectivity index (χ4v) is 2.05. The van der Waals surface area contributed by atoms with Crippen LogP contribution in [0.5, 0.6) is 0 Å². The molecule has 0 N–H and O–H groups in total. The standard InChI is InChI=1S/C11H17NO/c1-2-3-10-4-6-12(7-5-10)11-8-13-9-11/h10-11H,4-9H2,1H3. The van der Waals surface area contributed by atoms with Crippen molar-refractivity contribution in [1.29, 1.82) is 0 Å². The smallest absolute Gasteiger partial charge is 0.0645 e. The van der Waals surface area contributed by atoms with Crippen LogP contribution in [-0.2, 0) is 4.74 Å². The van der Waals surface area contributed by atoms with Crippen LogP contribution in [0.2, 0.25) is 0 Å². The van der Waals surface area contributed by atoms with Gasteiger partial charge in [0.15, 0.2) is 0 Å². The minimum Gasteiger partial charge on any atom is -0.378 e. The Morgan fingerprint density at radius 3 is 2.38 bits per heavy atom. The highest BCUT2D eigenvalue weighted by Crippen LogP contribution is 2.20. The van der Waals surface area contributed by atoms with Gasteiger partial charge in [-0.25, -0.2) is 0 Å². The van der Waals surface area contributed by atoms with E-state index in [1.807, 2.05) is 6.92 Å². The van der Waals surface area contributed by atoms with E-state index in [-0.39, 0.29) is 0 Å². The Labute approximate surface area is 80.2 Å². The third-order valence-corrected chi connectivity index (χ3v) is 3.01. The monoisotopic (exact) mass is 179 g/mol. The molecule has 0 spiro atoms. The van der Waals surface area contributed by atoms with Crippen LogP contribution < -0.4 is 0 Å². The fourth-order valence-electron chi connectivity index (χ4n) is 2.05. The SMILES string of the molecule is CC#CC1CCN(C2COC2)CC1. The Bertz CT molecular complexity index is 216. The van der Waals surface area contributed by atoms with E-state index in [2.05, 4.69) is 16.7 Å². The van der Waals surface area contributed by atoms with Gasteiger partial charge in [-0.2, -0.15) is 0 Å². The van der Waals surface area contributed by atoms with Crippen molar-refractivity contribution in [2.24, 2.45) is 5.92 Å². The first-order valence-corrected chi connectivity index (χ1v) is 5.14. The van der Waals surface area contributed by atoms with E-state index in [4.69, 9.17) is 4.74 Å². The van der Waals surface area contributed by atoms with Crippen molar-refractivity contribution < 1.29 is 4.74 Å². The topological polar surface area (TPSA) is 12.5 Å². The number of piperidine rings is 1. The molecule has 2 saturated heterocycles. The molecule has 0 amide bonds. The van der Waals surface area contributed by atoms with Crippen LogP contribution in [0.3, 0.4) is 0 Å². The normalized spacial score (nSPS) is 26.2. The van der Waals surface area contributed by atoms with Gasteiger partial charge in [-0.1, -0.05) is 0 Å². The van der Waals surface area contributed by atoms with E-state index >= 15 is 0 Å². The average Bonchev–Trinajstić information content (AvgIpc) is 2.06. The third-order valence-electron chi connectivity index (χ3n) is 3.01. The first-order valence-electron chi connectivity index (χ1n) is 5.14. The van der Waals surface area contributed by atoms with Gasteiger partial charge in [0.25, 0.3) is 0 Å². The Hall–Kier alpha value is -0.520. The summed E-state index contributed by atoms with van der Waals surface area (Å²) in [6.07, 6.45) is 2.49. The van der Waals surface area contributed by atoms with Gasteiger partial charge in [-0.05, 0) is 32.9 Å². The molecule has 0 radical (unpaired) electrons. The van der Waals surface area contributed by atoms with Crippen molar-refractivity contribution in [2.45, 2.75) is 25.8 Å². The summed E-state index contributed by atoms with van der Waals surface area (Å²) in [5, 5.41) is 0. The summed E-state index contributed by atoms with van der Waals surface area (Å²) in [6.45, 7) is 6.27. The number of hydrogen-bond acceptors (Lipinski definition) is 2. The second-order valence-corrected chi connectivity index (χ2v) is 3.90. The summed E-state index contributed by atoms with van der Waals surface area (Å²) in [6, 6.07) is 0.718. The highest BCUT2D eigenvalue weighted by atomic mass is 16.5. The van der Waals surface area contributed by atoms with E-state index in [1.165, 1.54) is 25.9 Å². The maximum atomic E-state index is 5.19. The summed E-state index contributed by atoms with van der Waals surface area (Å²) >= 11 is 0. The molecule has 0 bridgehead atoms. The first kappa shape index (κ1) is 9.05. The van der Waals surface area contributed by atoms with E-state index in [0.29, 0.717) is 5.92 Å². The summed E-state index contributed by atoms with van der Waals surface area (Å²) in [5.74, 6) is 6.94. The molecule has 0 aromatic carbocycles. The lowest BCUT2D eigenvalue weighted by Crippen LogP contribution is -2.51. The minimum atomic E-state index is 0.655. The molecule has 0 aliphatic carbocycles. The summed E-state index contributed by atoms with van der Waals surface area (Å²) in [5.41, 5.74) is 0. The van der Waals surface area contributed by atoms with Gasteiger partial charge in [0, 0.05) is 5.92 Å². The zero-order chi connectivity index (χ0) is 9.10. The summed E-state index contributed by atoms with van der Waals surface area (Å²) in [4.78, 5) is 2.55. The lowest BCUT2D eigenvalue weighted by molar-refractivity contribution is -0.0719. The highest BCUT2D eigenvalue weighted by molar-refractivity contribution is 5.02. The molecule has 2 rings (SSSR count). The Kier molecular flexibility index (Phi) is 2.87. The van der Waals surface area contributed by atoms with Gasteiger partial charge in [-0.3, -0.25) is 4.90 Å². The molecule has 2 fully saturated rings. The molecule has 0 saturated carbocycles. The van der Waals surface area contributed by atoms with Crippen LogP contribution in [0.25, 0.3) is 0 Å². The third kappa shape index (κ3) is 2.04. The number of hydrogen-bond donors (Lipinski definition) is 0. The van der Waals surface area contributed by atoms with Crippen LogP contribution in [-0.4, -0.2) is 37.2 Å². The predicted molar refractivity (Wildman–Crippen MR) is 52.4 cm³/mol.